The first-order chi connectivity index (χ1) is 10.1. The number of rotatable bonds is 4. The highest BCUT2D eigenvalue weighted by Gasteiger charge is 2.27. The summed E-state index contributed by atoms with van der Waals surface area (Å²) in [6, 6.07) is 5.47. The van der Waals surface area contributed by atoms with Gasteiger partial charge in [-0.3, -0.25) is 4.79 Å². The number of amides is 1. The molecule has 1 aliphatic rings. The fourth-order valence-electron chi connectivity index (χ4n) is 2.77. The molecule has 5 heteroatoms. The molecule has 0 bridgehead atoms. The highest BCUT2D eigenvalue weighted by atomic mass is 16.5. The average molecular weight is 292 g/mol. The molecule has 1 heterocycles. The molecule has 2 N–H and O–H groups in total. The second-order valence-electron chi connectivity index (χ2n) is 5.55. The summed E-state index contributed by atoms with van der Waals surface area (Å²) in [5.74, 6) is 1.75. The van der Waals surface area contributed by atoms with E-state index in [-0.39, 0.29) is 11.9 Å². The molecule has 0 spiro atoms. The Bertz CT molecular complexity index is 494. The van der Waals surface area contributed by atoms with Gasteiger partial charge in [-0.2, -0.15) is 0 Å². The molecule has 1 saturated heterocycles. The van der Waals surface area contributed by atoms with Crippen LogP contribution in [0.4, 0.5) is 0 Å². The molecule has 116 valence electrons. The summed E-state index contributed by atoms with van der Waals surface area (Å²) >= 11 is 0. The highest BCUT2D eigenvalue weighted by Crippen LogP contribution is 2.27. The molecule has 1 unspecified atom stereocenters. The van der Waals surface area contributed by atoms with Crippen molar-refractivity contribution < 1.29 is 14.3 Å². The van der Waals surface area contributed by atoms with Crippen molar-refractivity contribution in [2.45, 2.75) is 25.8 Å². The van der Waals surface area contributed by atoms with Crippen LogP contribution in [0.25, 0.3) is 0 Å². The number of likely N-dealkylation sites (tertiary alicyclic amines) is 1. The number of nitrogens with zero attached hydrogens (tertiary/aromatic N) is 1. The minimum atomic E-state index is 0.0117. The van der Waals surface area contributed by atoms with Gasteiger partial charge in [-0.15, -0.1) is 0 Å². The lowest BCUT2D eigenvalue weighted by molar-refractivity contribution is 0.0677. The Morgan fingerprint density at radius 3 is 2.48 bits per heavy atom. The first kappa shape index (κ1) is 15.6. The van der Waals surface area contributed by atoms with Gasteiger partial charge in [0.15, 0.2) is 0 Å². The van der Waals surface area contributed by atoms with E-state index in [0.717, 1.165) is 25.9 Å². The van der Waals surface area contributed by atoms with Crippen molar-refractivity contribution in [2.75, 3.05) is 27.3 Å². The van der Waals surface area contributed by atoms with Gasteiger partial charge in [0.25, 0.3) is 5.91 Å². The van der Waals surface area contributed by atoms with Crippen LogP contribution in [0, 0.1) is 5.92 Å². The maximum Gasteiger partial charge on any atom is 0.257 e. The Morgan fingerprint density at radius 1 is 1.29 bits per heavy atom. The Labute approximate surface area is 126 Å². The van der Waals surface area contributed by atoms with Crippen molar-refractivity contribution in [3.05, 3.63) is 23.8 Å². The van der Waals surface area contributed by atoms with Crippen LogP contribution in [0.2, 0.25) is 0 Å². The Hall–Kier alpha value is -1.75. The van der Waals surface area contributed by atoms with Crippen molar-refractivity contribution in [2.24, 2.45) is 11.7 Å². The van der Waals surface area contributed by atoms with Gasteiger partial charge in [-0.25, -0.2) is 0 Å². The summed E-state index contributed by atoms with van der Waals surface area (Å²) in [4.78, 5) is 14.5. The fraction of sp³-hybridized carbons (Fsp3) is 0.562. The molecule has 1 fully saturated rings. The number of hydrogen-bond donors (Lipinski definition) is 1. The smallest absolute Gasteiger partial charge is 0.257 e. The second kappa shape index (κ2) is 6.80. The first-order valence-electron chi connectivity index (χ1n) is 7.33. The van der Waals surface area contributed by atoms with Gasteiger partial charge < -0.3 is 20.1 Å². The average Bonchev–Trinajstić information content (AvgIpc) is 2.53. The third-order valence-electron chi connectivity index (χ3n) is 4.21. The van der Waals surface area contributed by atoms with Crippen LogP contribution in [0.15, 0.2) is 18.2 Å². The lowest BCUT2D eigenvalue weighted by Gasteiger charge is -2.34. The largest absolute Gasteiger partial charge is 0.497 e. The fourth-order valence-corrected chi connectivity index (χ4v) is 2.77. The third kappa shape index (κ3) is 3.47. The van der Waals surface area contributed by atoms with Crippen LogP contribution >= 0.6 is 0 Å². The van der Waals surface area contributed by atoms with E-state index in [1.54, 1.807) is 32.4 Å². The van der Waals surface area contributed by atoms with E-state index in [0.29, 0.717) is 23.0 Å². The van der Waals surface area contributed by atoms with Crippen molar-refractivity contribution in [1.82, 2.24) is 4.90 Å². The lowest BCUT2D eigenvalue weighted by Crippen LogP contribution is -2.42. The van der Waals surface area contributed by atoms with Crippen molar-refractivity contribution in [1.29, 1.82) is 0 Å². The molecule has 2 rings (SSSR count). The Kier molecular flexibility index (Phi) is 5.07. The van der Waals surface area contributed by atoms with E-state index in [4.69, 9.17) is 15.2 Å². The van der Waals surface area contributed by atoms with Crippen LogP contribution in [-0.2, 0) is 0 Å². The van der Waals surface area contributed by atoms with E-state index in [9.17, 15) is 4.79 Å². The Morgan fingerprint density at radius 2 is 1.95 bits per heavy atom. The van der Waals surface area contributed by atoms with E-state index < -0.39 is 0 Å². The normalized spacial score (nSPS) is 17.4. The zero-order chi connectivity index (χ0) is 15.4. The Balaban J connectivity index is 2.10. The van der Waals surface area contributed by atoms with Crippen LogP contribution in [0.3, 0.4) is 0 Å². The van der Waals surface area contributed by atoms with Crippen LogP contribution in [0.5, 0.6) is 11.5 Å². The summed E-state index contributed by atoms with van der Waals surface area (Å²) in [5.41, 5.74) is 6.52. The van der Waals surface area contributed by atoms with E-state index in [1.165, 1.54) is 0 Å². The van der Waals surface area contributed by atoms with Crippen LogP contribution < -0.4 is 15.2 Å². The maximum absolute atomic E-state index is 12.6. The standard InChI is InChI=1S/C16H24N2O3/c1-11(17)12-6-8-18(9-7-12)16(19)14-5-4-13(20-2)10-15(14)21-3/h4-5,10-12H,6-9,17H2,1-3H3. The topological polar surface area (TPSA) is 64.8 Å². The van der Waals surface area contributed by atoms with Crippen LogP contribution in [0.1, 0.15) is 30.1 Å². The molecule has 1 atom stereocenters. The minimum absolute atomic E-state index is 0.0117. The quantitative estimate of drug-likeness (QED) is 0.920. The van der Waals surface area contributed by atoms with E-state index in [2.05, 4.69) is 0 Å². The summed E-state index contributed by atoms with van der Waals surface area (Å²) < 4.78 is 10.5. The van der Waals surface area contributed by atoms with E-state index >= 15 is 0 Å². The molecule has 21 heavy (non-hydrogen) atoms. The lowest BCUT2D eigenvalue weighted by atomic mass is 9.90. The monoisotopic (exact) mass is 292 g/mol. The molecule has 0 aliphatic carbocycles. The van der Waals surface area contributed by atoms with Gasteiger partial charge in [0.1, 0.15) is 11.5 Å². The van der Waals surface area contributed by atoms with Gasteiger partial charge in [0.2, 0.25) is 0 Å². The summed E-state index contributed by atoms with van der Waals surface area (Å²) in [6.45, 7) is 3.54. The van der Waals surface area contributed by atoms with Gasteiger partial charge >= 0.3 is 0 Å². The number of carbonyl (C=O) groups is 1. The maximum atomic E-state index is 12.6. The molecule has 0 radical (unpaired) electrons. The number of methoxy groups -OCH3 is 2. The molecule has 1 amide bonds. The van der Waals surface area contributed by atoms with E-state index in [1.807, 2.05) is 11.8 Å². The number of nitrogens with two attached hydrogens (primary N) is 1. The van der Waals surface area contributed by atoms with Gasteiger partial charge in [-0.1, -0.05) is 0 Å². The number of hydrogen-bond acceptors (Lipinski definition) is 4. The molecule has 1 aromatic rings. The highest BCUT2D eigenvalue weighted by molar-refractivity contribution is 5.97. The molecule has 0 aromatic heterocycles. The van der Waals surface area contributed by atoms with Crippen molar-refractivity contribution in [3.63, 3.8) is 0 Å². The molecule has 0 saturated carbocycles. The summed E-state index contributed by atoms with van der Waals surface area (Å²) in [6.07, 6.45) is 1.92. The summed E-state index contributed by atoms with van der Waals surface area (Å²) in [7, 11) is 3.16. The van der Waals surface area contributed by atoms with Gasteiger partial charge in [0, 0.05) is 25.2 Å². The molecular weight excluding hydrogens is 268 g/mol. The number of ether oxygens (including phenoxy) is 2. The summed E-state index contributed by atoms with van der Waals surface area (Å²) in [5, 5.41) is 0. The first-order valence-corrected chi connectivity index (χ1v) is 7.33. The van der Waals surface area contributed by atoms with Crippen LogP contribution in [-0.4, -0.2) is 44.2 Å². The predicted octanol–water partition coefficient (Wildman–Crippen LogP) is 1.90. The SMILES string of the molecule is COc1ccc(C(=O)N2CCC(C(C)N)CC2)c(OC)c1. The van der Waals surface area contributed by atoms with Crippen molar-refractivity contribution in [3.8, 4) is 11.5 Å². The number of benzene rings is 1. The van der Waals surface area contributed by atoms with Gasteiger partial charge in [0.05, 0.1) is 19.8 Å². The molecule has 1 aromatic carbocycles. The second-order valence-corrected chi connectivity index (χ2v) is 5.55. The minimum Gasteiger partial charge on any atom is -0.497 e. The molecule has 1 aliphatic heterocycles. The van der Waals surface area contributed by atoms with Gasteiger partial charge in [-0.05, 0) is 37.8 Å². The zero-order valence-electron chi connectivity index (χ0n) is 13.0. The molecular formula is C16H24N2O3. The molecule has 5 nitrogen and oxygen atoms in total. The third-order valence-corrected chi connectivity index (χ3v) is 4.21. The zero-order valence-corrected chi connectivity index (χ0v) is 13.0. The number of piperidine rings is 1. The number of carbonyl (C=O) groups excluding carboxylic acids is 1. The van der Waals surface area contributed by atoms with Crippen molar-refractivity contribution >= 4 is 5.91 Å². The predicted molar refractivity (Wildman–Crippen MR) is 81.8 cm³/mol.